The van der Waals surface area contributed by atoms with Crippen LogP contribution in [-0.2, 0) is 12.8 Å². The van der Waals surface area contributed by atoms with Crippen molar-refractivity contribution < 1.29 is 27.4 Å². The lowest BCUT2D eigenvalue weighted by Gasteiger charge is -2.34. The van der Waals surface area contributed by atoms with Crippen molar-refractivity contribution in [3.05, 3.63) is 51.5 Å². The van der Waals surface area contributed by atoms with Gasteiger partial charge in [-0.1, -0.05) is 13.0 Å². The highest BCUT2D eigenvalue weighted by Crippen LogP contribution is 2.46. The summed E-state index contributed by atoms with van der Waals surface area (Å²) in [4.78, 5) is 14.4. The highest BCUT2D eigenvalue weighted by atomic mass is 32.1. The molecule has 5 rings (SSSR count). The summed E-state index contributed by atoms with van der Waals surface area (Å²) in [6.07, 6.45) is -1.24. The molecular formula is C26H26F3N5O3S. The minimum atomic E-state index is -4.59. The number of methoxy groups -OCH3 is 2. The van der Waals surface area contributed by atoms with Gasteiger partial charge in [-0.2, -0.15) is 23.5 Å². The van der Waals surface area contributed by atoms with Crippen molar-refractivity contribution in [1.29, 1.82) is 5.26 Å². The highest BCUT2D eigenvalue weighted by molar-refractivity contribution is 7.16. The molecular weight excluding hydrogens is 519 g/mol. The van der Waals surface area contributed by atoms with Crippen molar-refractivity contribution in [1.82, 2.24) is 9.78 Å². The Balaban J connectivity index is 1.49. The first-order chi connectivity index (χ1) is 18.1. The molecule has 0 unspecified atom stereocenters. The van der Waals surface area contributed by atoms with Gasteiger partial charge in [-0.3, -0.25) is 4.79 Å². The van der Waals surface area contributed by atoms with Gasteiger partial charge >= 0.3 is 6.18 Å². The molecule has 1 aliphatic heterocycles. The third-order valence-corrected chi connectivity index (χ3v) is 8.31. The van der Waals surface area contributed by atoms with Gasteiger partial charge in [0.25, 0.3) is 5.91 Å². The zero-order valence-electron chi connectivity index (χ0n) is 21.0. The molecule has 2 aliphatic rings. The maximum absolute atomic E-state index is 14.1. The Labute approximate surface area is 221 Å². The topological polar surface area (TPSA) is 101 Å². The normalized spacial score (nSPS) is 20.5. The van der Waals surface area contributed by atoms with E-state index in [9.17, 15) is 23.2 Å². The summed E-state index contributed by atoms with van der Waals surface area (Å²) in [6, 6.07) is 4.38. The fourth-order valence-electron chi connectivity index (χ4n) is 5.14. The second-order valence-corrected chi connectivity index (χ2v) is 10.7. The van der Waals surface area contributed by atoms with E-state index in [1.165, 1.54) is 25.6 Å². The molecule has 0 saturated heterocycles. The number of halogens is 3. The average molecular weight is 546 g/mol. The molecule has 200 valence electrons. The van der Waals surface area contributed by atoms with Crippen LogP contribution in [0.5, 0.6) is 11.5 Å². The number of benzene rings is 1. The highest BCUT2D eigenvalue weighted by Gasteiger charge is 2.47. The van der Waals surface area contributed by atoms with Gasteiger partial charge in [-0.25, -0.2) is 4.68 Å². The standard InChI is InChI=1S/C26H26F3N5O3S/c1-13-4-6-15-16(11-30)25(38-21(15)8-13)33-24(35)17-12-31-34-22(26(27,28)29)10-18(32-23(17)34)14-5-7-19(36-2)20(9-14)37-3/h5,7,9,12-13,18,22,32H,4,6,8,10H2,1-3H3,(H,33,35)/t13-,18+,22-/m1/s1. The number of nitrogens with zero attached hydrogens (tertiary/aromatic N) is 3. The van der Waals surface area contributed by atoms with Gasteiger partial charge in [-0.15, -0.1) is 11.3 Å². The number of ether oxygens (including phenoxy) is 2. The lowest BCUT2D eigenvalue weighted by molar-refractivity contribution is -0.173. The van der Waals surface area contributed by atoms with Crippen LogP contribution in [0.25, 0.3) is 0 Å². The van der Waals surface area contributed by atoms with E-state index in [-0.39, 0.29) is 17.8 Å². The first kappa shape index (κ1) is 25.9. The second-order valence-electron chi connectivity index (χ2n) is 9.58. The van der Waals surface area contributed by atoms with Crippen LogP contribution in [0, 0.1) is 17.2 Å². The number of anilines is 2. The molecule has 38 heavy (non-hydrogen) atoms. The van der Waals surface area contributed by atoms with Gasteiger partial charge in [0, 0.05) is 11.3 Å². The molecule has 0 saturated carbocycles. The van der Waals surface area contributed by atoms with E-state index in [0.29, 0.717) is 33.5 Å². The Kier molecular flexibility index (Phi) is 6.73. The zero-order valence-corrected chi connectivity index (χ0v) is 21.8. The van der Waals surface area contributed by atoms with Crippen LogP contribution < -0.4 is 20.1 Å². The number of hydrogen-bond acceptors (Lipinski definition) is 7. The minimum absolute atomic E-state index is 0.0342. The first-order valence-corrected chi connectivity index (χ1v) is 12.9. The minimum Gasteiger partial charge on any atom is -0.493 e. The molecule has 1 amide bonds. The molecule has 0 spiro atoms. The van der Waals surface area contributed by atoms with Gasteiger partial charge in [-0.05, 0) is 48.4 Å². The number of amides is 1. The van der Waals surface area contributed by atoms with Gasteiger partial charge < -0.3 is 20.1 Å². The van der Waals surface area contributed by atoms with Crippen molar-refractivity contribution in [2.75, 3.05) is 24.9 Å². The van der Waals surface area contributed by atoms with Crippen LogP contribution in [0.3, 0.4) is 0 Å². The smallest absolute Gasteiger partial charge is 0.410 e. The van der Waals surface area contributed by atoms with E-state index < -0.39 is 24.2 Å². The Hall–Kier alpha value is -3.72. The van der Waals surface area contributed by atoms with Gasteiger partial charge in [0.2, 0.25) is 0 Å². The predicted molar refractivity (Wildman–Crippen MR) is 136 cm³/mol. The van der Waals surface area contributed by atoms with Crippen LogP contribution in [0.15, 0.2) is 24.4 Å². The van der Waals surface area contributed by atoms with Crippen molar-refractivity contribution in [2.24, 2.45) is 5.92 Å². The third-order valence-electron chi connectivity index (χ3n) is 7.14. The predicted octanol–water partition coefficient (Wildman–Crippen LogP) is 5.87. The van der Waals surface area contributed by atoms with E-state index in [0.717, 1.165) is 40.6 Å². The van der Waals surface area contributed by atoms with Gasteiger partial charge in [0.15, 0.2) is 17.5 Å². The molecule has 12 heteroatoms. The summed E-state index contributed by atoms with van der Waals surface area (Å²) in [5.41, 5.74) is 1.89. The molecule has 8 nitrogen and oxygen atoms in total. The SMILES string of the molecule is COc1ccc([C@@H]2C[C@H](C(F)(F)F)n3ncc(C(=O)Nc4sc5c(c4C#N)CC[C@@H](C)C5)c3N2)cc1OC. The number of alkyl halides is 3. The lowest BCUT2D eigenvalue weighted by Crippen LogP contribution is -2.36. The number of hydrogen-bond donors (Lipinski definition) is 2. The Morgan fingerprint density at radius 3 is 2.74 bits per heavy atom. The first-order valence-electron chi connectivity index (χ1n) is 12.1. The Morgan fingerprint density at radius 2 is 2.05 bits per heavy atom. The number of aromatic nitrogens is 2. The fourth-order valence-corrected chi connectivity index (χ4v) is 6.50. The molecule has 0 radical (unpaired) electrons. The van der Waals surface area contributed by atoms with Crippen LogP contribution in [0.1, 0.15) is 63.8 Å². The number of nitriles is 1. The Bertz CT molecular complexity index is 1420. The van der Waals surface area contributed by atoms with Crippen molar-refractivity contribution >= 4 is 28.1 Å². The molecule has 2 N–H and O–H groups in total. The van der Waals surface area contributed by atoms with Crippen LogP contribution in [0.2, 0.25) is 0 Å². The van der Waals surface area contributed by atoms with Crippen molar-refractivity contribution in [2.45, 2.75) is 50.9 Å². The number of thiophene rings is 1. The number of fused-ring (bicyclic) bond motifs is 2. The van der Waals surface area contributed by atoms with Crippen LogP contribution in [-0.4, -0.2) is 36.1 Å². The summed E-state index contributed by atoms with van der Waals surface area (Å²) in [5, 5.41) is 20.0. The largest absolute Gasteiger partial charge is 0.493 e. The van der Waals surface area contributed by atoms with Gasteiger partial charge in [0.1, 0.15) is 22.5 Å². The molecule has 3 aromatic rings. The molecule has 3 heterocycles. The quantitative estimate of drug-likeness (QED) is 0.416. The van der Waals surface area contributed by atoms with Crippen LogP contribution in [0.4, 0.5) is 24.0 Å². The second kappa shape index (κ2) is 9.87. The maximum atomic E-state index is 14.1. The van der Waals surface area contributed by atoms with E-state index in [4.69, 9.17) is 9.47 Å². The third kappa shape index (κ3) is 4.55. The molecule has 2 aromatic heterocycles. The summed E-state index contributed by atoms with van der Waals surface area (Å²) in [5.74, 6) is 0.648. The fraction of sp³-hybridized carbons (Fsp3) is 0.423. The molecule has 3 atom stereocenters. The average Bonchev–Trinajstić information content (AvgIpc) is 3.47. The van der Waals surface area contributed by atoms with E-state index in [1.807, 2.05) is 0 Å². The number of nitrogens with one attached hydrogen (secondary N) is 2. The lowest BCUT2D eigenvalue weighted by atomic mass is 9.88. The molecule has 0 bridgehead atoms. The Morgan fingerprint density at radius 1 is 1.29 bits per heavy atom. The maximum Gasteiger partial charge on any atom is 0.410 e. The van der Waals surface area contributed by atoms with E-state index in [1.54, 1.807) is 18.2 Å². The molecule has 1 aromatic carbocycles. The number of carbonyl (C=O) groups excluding carboxylic acids is 1. The van der Waals surface area contributed by atoms with Crippen molar-refractivity contribution in [3.63, 3.8) is 0 Å². The number of carbonyl (C=O) groups is 1. The van der Waals surface area contributed by atoms with Crippen LogP contribution >= 0.6 is 11.3 Å². The zero-order chi connectivity index (χ0) is 27.2. The number of rotatable bonds is 5. The molecule has 1 aliphatic carbocycles. The summed E-state index contributed by atoms with van der Waals surface area (Å²) in [6.45, 7) is 2.14. The molecule has 0 fully saturated rings. The van der Waals surface area contributed by atoms with Crippen molar-refractivity contribution in [3.8, 4) is 17.6 Å². The summed E-state index contributed by atoms with van der Waals surface area (Å²) >= 11 is 1.36. The monoisotopic (exact) mass is 545 g/mol. The summed E-state index contributed by atoms with van der Waals surface area (Å²) in [7, 11) is 2.92. The van der Waals surface area contributed by atoms with E-state index >= 15 is 0 Å². The summed E-state index contributed by atoms with van der Waals surface area (Å²) < 4.78 is 53.8. The van der Waals surface area contributed by atoms with Gasteiger partial charge in [0.05, 0.1) is 32.0 Å². The van der Waals surface area contributed by atoms with E-state index in [2.05, 4.69) is 28.7 Å².